The molecule has 0 aliphatic rings. The first-order valence-electron chi connectivity index (χ1n) is 4.80. The van der Waals surface area contributed by atoms with Crippen LogP contribution in [0.4, 0.5) is 13.2 Å². The van der Waals surface area contributed by atoms with Gasteiger partial charge in [0.1, 0.15) is 20.0 Å². The molecule has 0 fully saturated rings. The molecule has 0 aromatic carbocycles. The molecular formula is C8H11BF3LiO7. The summed E-state index contributed by atoms with van der Waals surface area (Å²) in [6.07, 6.45) is -1.11. The molecule has 0 aromatic rings. The molecule has 0 saturated carbocycles. The summed E-state index contributed by atoms with van der Waals surface area (Å²) in [5, 5.41) is 16.4. The number of esters is 2. The number of alkyl halides is 3. The molecule has 2 N–H and O–H groups in total. The summed E-state index contributed by atoms with van der Waals surface area (Å²) in [6.45, 7) is -4.53. The Bertz CT molecular complexity index is 348. The number of ether oxygens (including phenoxy) is 1. The van der Waals surface area contributed by atoms with Crippen molar-refractivity contribution >= 4 is 25.2 Å². The third-order valence-electron chi connectivity index (χ3n) is 1.96. The van der Waals surface area contributed by atoms with E-state index in [0.29, 0.717) is 0 Å². The SMILES string of the molecule is O=C(CC(CF)(CF)CF)OC(=O)C(=O)OB(O)O.[H-].[Li+]. The molecule has 0 rings (SSSR count). The van der Waals surface area contributed by atoms with Crippen molar-refractivity contribution in [2.75, 3.05) is 20.0 Å². The Morgan fingerprint density at radius 2 is 1.50 bits per heavy atom. The molecule has 0 saturated heterocycles. The first-order valence-corrected chi connectivity index (χ1v) is 4.80. The van der Waals surface area contributed by atoms with Gasteiger partial charge in [-0.15, -0.1) is 0 Å². The van der Waals surface area contributed by atoms with Gasteiger partial charge >= 0.3 is 44.1 Å². The van der Waals surface area contributed by atoms with Crippen LogP contribution in [-0.2, 0) is 23.8 Å². The van der Waals surface area contributed by atoms with Crippen molar-refractivity contribution in [2.45, 2.75) is 6.42 Å². The minimum atomic E-state index is -2.60. The summed E-state index contributed by atoms with van der Waals surface area (Å²) in [7, 11) is -2.60. The number of hydrogen-bond acceptors (Lipinski definition) is 7. The van der Waals surface area contributed by atoms with E-state index in [1.807, 2.05) is 0 Å². The molecule has 0 unspecified atom stereocenters. The van der Waals surface area contributed by atoms with Crippen molar-refractivity contribution in [1.29, 1.82) is 0 Å². The second-order valence-corrected chi connectivity index (χ2v) is 3.57. The van der Waals surface area contributed by atoms with E-state index in [9.17, 15) is 27.6 Å². The van der Waals surface area contributed by atoms with Crippen molar-refractivity contribution in [2.24, 2.45) is 5.41 Å². The molecular weight excluding hydrogens is 283 g/mol. The molecule has 0 bridgehead atoms. The maximum absolute atomic E-state index is 12.4. The van der Waals surface area contributed by atoms with Crippen LogP contribution in [0.25, 0.3) is 0 Å². The Kier molecular flexibility index (Phi) is 10.4. The smallest absolute Gasteiger partial charge is 1.00 e. The normalized spacial score (nSPS) is 10.2. The van der Waals surface area contributed by atoms with Crippen LogP contribution in [0.5, 0.6) is 0 Å². The fourth-order valence-corrected chi connectivity index (χ4v) is 0.880. The van der Waals surface area contributed by atoms with Crippen LogP contribution >= 0.6 is 0 Å². The maximum atomic E-state index is 12.4. The fourth-order valence-electron chi connectivity index (χ4n) is 0.880. The molecule has 0 radical (unpaired) electrons. The van der Waals surface area contributed by atoms with Gasteiger partial charge < -0.3 is 20.9 Å². The van der Waals surface area contributed by atoms with E-state index >= 15 is 0 Å². The Morgan fingerprint density at radius 1 is 1.05 bits per heavy atom. The predicted molar refractivity (Wildman–Crippen MR) is 53.5 cm³/mol. The van der Waals surface area contributed by atoms with Gasteiger partial charge in [0.15, 0.2) is 0 Å². The zero-order chi connectivity index (χ0) is 15.1. The fraction of sp³-hybridized carbons (Fsp3) is 0.625. The average Bonchev–Trinajstić information content (AvgIpc) is 2.35. The van der Waals surface area contributed by atoms with Crippen molar-refractivity contribution < 1.29 is 67.3 Å². The Morgan fingerprint density at radius 3 is 1.85 bits per heavy atom. The van der Waals surface area contributed by atoms with Gasteiger partial charge in [0.2, 0.25) is 0 Å². The van der Waals surface area contributed by atoms with Crippen LogP contribution in [0.1, 0.15) is 7.85 Å². The quantitative estimate of drug-likeness (QED) is 0.222. The van der Waals surface area contributed by atoms with Gasteiger partial charge in [0, 0.05) is 0 Å². The summed E-state index contributed by atoms with van der Waals surface area (Å²) in [5.41, 5.74) is -2.27. The van der Waals surface area contributed by atoms with Gasteiger partial charge in [0.25, 0.3) is 0 Å². The summed E-state index contributed by atoms with van der Waals surface area (Å²) in [4.78, 5) is 32.6. The van der Waals surface area contributed by atoms with Crippen LogP contribution < -0.4 is 18.9 Å². The number of halogens is 3. The van der Waals surface area contributed by atoms with Crippen LogP contribution in [0.2, 0.25) is 0 Å². The van der Waals surface area contributed by atoms with Crippen molar-refractivity contribution in [3.8, 4) is 0 Å². The minimum absolute atomic E-state index is 0. The second-order valence-electron chi connectivity index (χ2n) is 3.57. The third kappa shape index (κ3) is 6.95. The van der Waals surface area contributed by atoms with Crippen molar-refractivity contribution in [3.05, 3.63) is 0 Å². The summed E-state index contributed by atoms with van der Waals surface area (Å²) >= 11 is 0. The van der Waals surface area contributed by atoms with E-state index in [1.54, 1.807) is 0 Å². The Labute approximate surface area is 125 Å². The van der Waals surface area contributed by atoms with Crippen LogP contribution in [-0.4, -0.2) is 55.3 Å². The Balaban J connectivity index is -0.00000162. The molecule has 20 heavy (non-hydrogen) atoms. The number of rotatable bonds is 6. The summed E-state index contributed by atoms with van der Waals surface area (Å²) < 4.78 is 44.6. The summed E-state index contributed by atoms with van der Waals surface area (Å²) in [6, 6.07) is 0. The molecule has 110 valence electrons. The second kappa shape index (κ2) is 9.82. The van der Waals surface area contributed by atoms with Gasteiger partial charge in [-0.2, -0.15) is 0 Å². The number of carbonyl (C=O) groups is 3. The van der Waals surface area contributed by atoms with Crippen LogP contribution in [0.15, 0.2) is 0 Å². The van der Waals surface area contributed by atoms with Gasteiger partial charge in [-0.1, -0.05) is 0 Å². The molecule has 0 heterocycles. The minimum Gasteiger partial charge on any atom is -1.00 e. The van der Waals surface area contributed by atoms with Gasteiger partial charge in [0.05, 0.1) is 11.8 Å². The van der Waals surface area contributed by atoms with E-state index < -0.39 is 57.1 Å². The van der Waals surface area contributed by atoms with Gasteiger partial charge in [-0.05, 0) is 0 Å². The van der Waals surface area contributed by atoms with E-state index in [4.69, 9.17) is 10.0 Å². The molecule has 0 aliphatic carbocycles. The first-order chi connectivity index (χ1) is 8.80. The van der Waals surface area contributed by atoms with E-state index in [-0.39, 0.29) is 20.3 Å². The largest absolute Gasteiger partial charge is 1.00 e. The van der Waals surface area contributed by atoms with Crippen molar-refractivity contribution in [1.82, 2.24) is 0 Å². The number of carbonyl (C=O) groups excluding carboxylic acids is 3. The molecule has 7 nitrogen and oxygen atoms in total. The van der Waals surface area contributed by atoms with Crippen LogP contribution in [0, 0.1) is 5.41 Å². The molecule has 12 heteroatoms. The molecule has 0 aliphatic heterocycles. The predicted octanol–water partition coefficient (Wildman–Crippen LogP) is -4.03. The van der Waals surface area contributed by atoms with Crippen LogP contribution in [0.3, 0.4) is 0 Å². The zero-order valence-corrected chi connectivity index (χ0v) is 10.5. The third-order valence-corrected chi connectivity index (χ3v) is 1.96. The molecule has 0 amide bonds. The molecule has 0 atom stereocenters. The van der Waals surface area contributed by atoms with Crippen molar-refractivity contribution in [3.63, 3.8) is 0 Å². The van der Waals surface area contributed by atoms with E-state index in [2.05, 4.69) is 9.39 Å². The molecule has 0 spiro atoms. The van der Waals surface area contributed by atoms with E-state index in [0.717, 1.165) is 0 Å². The summed E-state index contributed by atoms with van der Waals surface area (Å²) in [5.74, 6) is -5.39. The maximum Gasteiger partial charge on any atom is 1.00 e. The molecule has 0 aromatic heterocycles. The monoisotopic (exact) mass is 294 g/mol. The Hall–Kier alpha value is -1.02. The zero-order valence-electron chi connectivity index (χ0n) is 11.5. The first kappa shape index (κ1) is 21.3. The standard InChI is InChI=1S/C8H10BF3O7.Li.H/c10-2-8(3-11,4-12)1-5(13)18-6(14)7(15)19-9(16)17;;/h16-17H,1-4H2;;/q;+1;-1. The van der Waals surface area contributed by atoms with Gasteiger partial charge in [-0.3, -0.25) is 18.0 Å². The van der Waals surface area contributed by atoms with Gasteiger partial charge in [-0.25, -0.2) is 9.59 Å². The number of hydrogen-bond donors (Lipinski definition) is 2. The average molecular weight is 294 g/mol. The topological polar surface area (TPSA) is 110 Å². The van der Waals surface area contributed by atoms with E-state index in [1.165, 1.54) is 0 Å².